The molecule has 5 heterocycles. The molecule has 2 N–H and O–H groups in total. The highest BCUT2D eigenvalue weighted by atomic mass is 16.3. The summed E-state index contributed by atoms with van der Waals surface area (Å²) >= 11 is 0. The van der Waals surface area contributed by atoms with Gasteiger partial charge in [0.25, 0.3) is 0 Å². The van der Waals surface area contributed by atoms with Crippen molar-refractivity contribution in [3.05, 3.63) is 77.6 Å². The first-order valence-corrected chi connectivity index (χ1v) is 13.6. The number of rotatable bonds is 4. The number of hydrogen-bond donors (Lipinski definition) is 2. The van der Waals surface area contributed by atoms with Crippen molar-refractivity contribution in [1.82, 2.24) is 35.3 Å². The Morgan fingerprint density at radius 1 is 1.21 bits per heavy atom. The summed E-state index contributed by atoms with van der Waals surface area (Å²) in [5.74, 6) is 0.643. The molecule has 1 atom stereocenters. The van der Waals surface area contributed by atoms with Crippen molar-refractivity contribution in [3.8, 4) is 11.3 Å². The summed E-state index contributed by atoms with van der Waals surface area (Å²) in [6.07, 6.45) is 6.59. The van der Waals surface area contributed by atoms with E-state index >= 15 is 0 Å². The van der Waals surface area contributed by atoms with Crippen LogP contribution in [-0.4, -0.2) is 61.7 Å². The summed E-state index contributed by atoms with van der Waals surface area (Å²) in [7, 11) is 0. The van der Waals surface area contributed by atoms with Crippen LogP contribution in [-0.2, 0) is 19.5 Å². The quantitative estimate of drug-likeness (QED) is 0.352. The van der Waals surface area contributed by atoms with E-state index in [0.717, 1.165) is 77.9 Å². The summed E-state index contributed by atoms with van der Waals surface area (Å²) in [4.78, 5) is 26.5. The molecule has 2 amide bonds. The fourth-order valence-corrected chi connectivity index (χ4v) is 6.05. The lowest BCUT2D eigenvalue weighted by Gasteiger charge is -2.35. The number of carbonyl (C=O) groups is 1. The summed E-state index contributed by atoms with van der Waals surface area (Å²) in [5.41, 5.74) is 6.90. The van der Waals surface area contributed by atoms with Crippen LogP contribution >= 0.6 is 0 Å². The van der Waals surface area contributed by atoms with Crippen LogP contribution in [0.5, 0.6) is 0 Å². The average molecular weight is 522 g/mol. The van der Waals surface area contributed by atoms with Gasteiger partial charge in [0.1, 0.15) is 5.52 Å². The molecule has 9 heteroatoms. The van der Waals surface area contributed by atoms with Crippen molar-refractivity contribution in [2.45, 2.75) is 45.3 Å². The van der Waals surface area contributed by atoms with Gasteiger partial charge in [0.2, 0.25) is 0 Å². The van der Waals surface area contributed by atoms with E-state index in [4.69, 9.17) is 4.42 Å². The van der Waals surface area contributed by atoms with E-state index in [9.17, 15) is 4.79 Å². The lowest BCUT2D eigenvalue weighted by Crippen LogP contribution is -2.52. The summed E-state index contributed by atoms with van der Waals surface area (Å²) in [6, 6.07) is 14.6. The number of nitrogens with one attached hydrogen (secondary N) is 2. The third-order valence-electron chi connectivity index (χ3n) is 7.99. The number of piperidine rings is 1. The van der Waals surface area contributed by atoms with E-state index in [1.54, 1.807) is 0 Å². The molecule has 7 rings (SSSR count). The van der Waals surface area contributed by atoms with E-state index in [2.05, 4.69) is 54.6 Å². The van der Waals surface area contributed by atoms with Gasteiger partial charge in [-0.15, -0.1) is 0 Å². The molecule has 9 nitrogen and oxygen atoms in total. The van der Waals surface area contributed by atoms with Gasteiger partial charge in [-0.25, -0.2) is 9.78 Å². The van der Waals surface area contributed by atoms with Crippen LogP contribution in [0, 0.1) is 6.92 Å². The van der Waals surface area contributed by atoms with Gasteiger partial charge in [-0.05, 0) is 54.6 Å². The van der Waals surface area contributed by atoms with E-state index in [0.29, 0.717) is 19.0 Å². The lowest BCUT2D eigenvalue weighted by atomic mass is 10.0. The van der Waals surface area contributed by atoms with E-state index in [1.807, 2.05) is 42.4 Å². The first-order chi connectivity index (χ1) is 19.1. The number of oxazole rings is 1. The van der Waals surface area contributed by atoms with Crippen molar-refractivity contribution in [2.24, 2.45) is 0 Å². The number of urea groups is 1. The number of pyridine rings is 1. The zero-order valence-corrected chi connectivity index (χ0v) is 22.0. The zero-order valence-electron chi connectivity index (χ0n) is 22.0. The zero-order chi connectivity index (χ0) is 26.3. The number of hydrogen-bond acceptors (Lipinski definition) is 6. The average Bonchev–Trinajstić information content (AvgIpc) is 3.55. The summed E-state index contributed by atoms with van der Waals surface area (Å²) in [6.45, 7) is 5.80. The minimum absolute atomic E-state index is 0.00142. The highest BCUT2D eigenvalue weighted by Crippen LogP contribution is 2.31. The first kappa shape index (κ1) is 23.8. The van der Waals surface area contributed by atoms with Crippen molar-refractivity contribution in [1.29, 1.82) is 0 Å². The number of H-pyrrole nitrogens is 1. The molecule has 198 valence electrons. The molecule has 1 saturated heterocycles. The van der Waals surface area contributed by atoms with Gasteiger partial charge in [-0.3, -0.25) is 15.0 Å². The Hall–Kier alpha value is -4.24. The predicted molar refractivity (Wildman–Crippen MR) is 149 cm³/mol. The number of aromatic nitrogens is 4. The second-order valence-electron chi connectivity index (χ2n) is 10.7. The fourth-order valence-electron chi connectivity index (χ4n) is 6.05. The fraction of sp³-hybridized carbons (Fsp3) is 0.333. The maximum Gasteiger partial charge on any atom is 0.317 e. The van der Waals surface area contributed by atoms with E-state index in [-0.39, 0.29) is 12.1 Å². The molecule has 1 fully saturated rings. The van der Waals surface area contributed by atoms with Crippen LogP contribution in [0.25, 0.3) is 33.1 Å². The lowest BCUT2D eigenvalue weighted by molar-refractivity contribution is 0.160. The smallest absolute Gasteiger partial charge is 0.317 e. The largest absolute Gasteiger partial charge is 0.441 e. The topological polar surface area (TPSA) is 103 Å². The Morgan fingerprint density at radius 3 is 3.10 bits per heavy atom. The number of aryl methyl sites for hydroxylation is 1. The molecule has 0 spiro atoms. The van der Waals surface area contributed by atoms with Gasteiger partial charge in [-0.1, -0.05) is 18.2 Å². The Labute approximate surface area is 226 Å². The maximum absolute atomic E-state index is 13.4. The number of benzene rings is 2. The van der Waals surface area contributed by atoms with Crippen molar-refractivity contribution < 1.29 is 9.21 Å². The number of nitrogens with zero attached hydrogens (tertiary/aromatic N) is 5. The molecule has 0 saturated carbocycles. The van der Waals surface area contributed by atoms with Crippen LogP contribution in [0.15, 0.2) is 59.3 Å². The maximum atomic E-state index is 13.4. The van der Waals surface area contributed by atoms with Crippen LogP contribution < -0.4 is 5.32 Å². The minimum atomic E-state index is -0.00142. The third kappa shape index (κ3) is 4.63. The number of fused-ring (bicyclic) bond motifs is 3. The number of carbonyl (C=O) groups excluding carboxylic acids is 1. The van der Waals surface area contributed by atoms with Crippen LogP contribution in [0.4, 0.5) is 4.79 Å². The van der Waals surface area contributed by atoms with Gasteiger partial charge in [0, 0.05) is 73.6 Å². The molecule has 3 aromatic heterocycles. The van der Waals surface area contributed by atoms with Gasteiger partial charge in [0.05, 0.1) is 12.2 Å². The molecule has 0 radical (unpaired) electrons. The molecule has 0 aliphatic carbocycles. The summed E-state index contributed by atoms with van der Waals surface area (Å²) in [5, 5.41) is 13.6. The molecule has 2 aliphatic heterocycles. The van der Waals surface area contributed by atoms with Gasteiger partial charge >= 0.3 is 6.03 Å². The van der Waals surface area contributed by atoms with Crippen LogP contribution in [0.3, 0.4) is 0 Å². The molecule has 2 aliphatic rings. The van der Waals surface area contributed by atoms with Crippen LogP contribution in [0.1, 0.15) is 35.6 Å². The molecule has 39 heavy (non-hydrogen) atoms. The van der Waals surface area contributed by atoms with Gasteiger partial charge in [0.15, 0.2) is 11.5 Å². The highest BCUT2D eigenvalue weighted by molar-refractivity contribution is 5.85. The Morgan fingerprint density at radius 2 is 2.15 bits per heavy atom. The SMILES string of the molecule is Cc1nc2cc(-c3n[nH]c4c3CN(C(=O)NC3CCCN(Cc5cccc6cnccc56)C3)CC4)ccc2o1. The van der Waals surface area contributed by atoms with Gasteiger partial charge < -0.3 is 14.6 Å². The predicted octanol–water partition coefficient (Wildman–Crippen LogP) is 4.81. The molecule has 5 aromatic rings. The third-order valence-corrected chi connectivity index (χ3v) is 7.99. The van der Waals surface area contributed by atoms with Crippen molar-refractivity contribution in [2.75, 3.05) is 19.6 Å². The highest BCUT2D eigenvalue weighted by Gasteiger charge is 2.29. The monoisotopic (exact) mass is 521 g/mol. The van der Waals surface area contributed by atoms with E-state index < -0.39 is 0 Å². The first-order valence-electron chi connectivity index (χ1n) is 13.6. The Bertz CT molecular complexity index is 1670. The molecular formula is C30H31N7O2. The molecule has 0 bridgehead atoms. The summed E-state index contributed by atoms with van der Waals surface area (Å²) < 4.78 is 5.63. The van der Waals surface area contributed by atoms with Crippen molar-refractivity contribution in [3.63, 3.8) is 0 Å². The molecule has 2 aromatic carbocycles. The molecule has 1 unspecified atom stereocenters. The standard InChI is InChI=1S/C30H31N7O2/c1-19-32-27-14-20(7-8-28(27)39-19)29-25-18-37(13-10-26(25)34-35-29)30(38)33-23-6-3-12-36(17-23)16-22-5-2-4-21-15-31-11-9-24(21)22/h2,4-5,7-9,11,14-15,23H,3,6,10,12-13,16-18H2,1H3,(H,33,38)(H,34,35). The minimum Gasteiger partial charge on any atom is -0.441 e. The van der Waals surface area contributed by atoms with Crippen LogP contribution in [0.2, 0.25) is 0 Å². The number of aromatic amines is 1. The van der Waals surface area contributed by atoms with Crippen molar-refractivity contribution >= 4 is 27.9 Å². The number of amides is 2. The van der Waals surface area contributed by atoms with Gasteiger partial charge in [-0.2, -0.15) is 5.10 Å². The normalized spacial score (nSPS) is 18.0. The second-order valence-corrected chi connectivity index (χ2v) is 10.7. The Kier molecular flexibility index (Phi) is 6.00. The van der Waals surface area contributed by atoms with E-state index in [1.165, 1.54) is 10.9 Å². The Balaban J connectivity index is 1.03. The second kappa shape index (κ2) is 9.81. The number of likely N-dealkylation sites (tertiary alicyclic amines) is 1. The molecular weight excluding hydrogens is 490 g/mol.